The van der Waals surface area contributed by atoms with Crippen LogP contribution in [-0.2, 0) is 15.9 Å². The average Bonchev–Trinajstić information content (AvgIpc) is 3.66. The topological polar surface area (TPSA) is 74.2 Å². The summed E-state index contributed by atoms with van der Waals surface area (Å²) in [5.41, 5.74) is 4.84. The van der Waals surface area contributed by atoms with Crippen LogP contribution in [0, 0.1) is 0 Å². The van der Waals surface area contributed by atoms with E-state index in [2.05, 4.69) is 10.5 Å². The van der Waals surface area contributed by atoms with Crippen molar-refractivity contribution in [2.24, 2.45) is 5.10 Å². The van der Waals surface area contributed by atoms with Gasteiger partial charge in [-0.15, -0.1) is 0 Å². The molecule has 6 rings (SSSR count). The Bertz CT molecular complexity index is 1410. The summed E-state index contributed by atoms with van der Waals surface area (Å²) in [6.07, 6.45) is 0. The number of halogens is 2. The minimum absolute atomic E-state index is 0.00892. The van der Waals surface area contributed by atoms with Gasteiger partial charge in [-0.05, 0) is 47.5 Å². The van der Waals surface area contributed by atoms with Crippen molar-refractivity contribution in [3.05, 3.63) is 141 Å². The quantitative estimate of drug-likeness (QED) is 0.245. The van der Waals surface area contributed by atoms with Gasteiger partial charge in [0.25, 0.3) is 0 Å². The minimum atomic E-state index is -1.10. The van der Waals surface area contributed by atoms with Crippen molar-refractivity contribution >= 4 is 34.7 Å². The smallest absolute Gasteiger partial charge is 0.201 e. The maximum Gasteiger partial charge on any atom is 0.201 e. The monoisotopic (exact) mass is 530 g/mol. The summed E-state index contributed by atoms with van der Waals surface area (Å²) in [7, 11) is 0. The Kier molecular flexibility index (Phi) is 7.13. The van der Waals surface area contributed by atoms with Crippen LogP contribution in [0.15, 0.2) is 114 Å². The van der Waals surface area contributed by atoms with E-state index in [1.807, 2.05) is 72.8 Å². The molecule has 0 saturated carbocycles. The molecule has 0 aromatic heterocycles. The lowest BCUT2D eigenvalue weighted by molar-refractivity contribution is 0.0871. The first-order valence-corrected chi connectivity index (χ1v) is 12.5. The van der Waals surface area contributed by atoms with Crippen molar-refractivity contribution in [1.29, 1.82) is 0 Å². The number of nitrogens with zero attached hydrogens (tertiary/aromatic N) is 1. The zero-order valence-electron chi connectivity index (χ0n) is 19.8. The van der Waals surface area contributed by atoms with E-state index < -0.39 is 11.2 Å². The molecule has 2 aliphatic rings. The third-order valence-electron chi connectivity index (χ3n) is 6.43. The molecular formula is C30H24Cl2N2O3. The molecule has 4 aromatic carbocycles. The second-order valence-electron chi connectivity index (χ2n) is 8.85. The number of ketones is 1. The second kappa shape index (κ2) is 10.5. The number of carbonyl (C=O) groups is 1. The number of ether oxygens (including phenoxy) is 1. The van der Waals surface area contributed by atoms with Crippen molar-refractivity contribution < 1.29 is 14.6 Å². The fraction of sp³-hybridized carbons (Fsp3) is 0.133. The number of Topliss-reactive ketones (excluding diaryl/α,β-unsaturated/α-hetero) is 1. The van der Waals surface area contributed by atoms with Crippen LogP contribution < -0.4 is 5.43 Å². The summed E-state index contributed by atoms with van der Waals surface area (Å²) in [5, 5.41) is 16.4. The minimum Gasteiger partial charge on any atom is -0.377 e. The van der Waals surface area contributed by atoms with Crippen LogP contribution in [0.25, 0.3) is 0 Å². The molecule has 0 amide bonds. The van der Waals surface area contributed by atoms with E-state index in [4.69, 9.17) is 27.9 Å². The summed E-state index contributed by atoms with van der Waals surface area (Å²) in [5.74, 6) is -0.00892. The van der Waals surface area contributed by atoms with Crippen molar-refractivity contribution in [1.82, 2.24) is 5.43 Å². The van der Waals surface area contributed by atoms with Crippen molar-refractivity contribution in [3.8, 4) is 0 Å². The van der Waals surface area contributed by atoms with E-state index in [-0.39, 0.29) is 5.78 Å². The van der Waals surface area contributed by atoms with Crippen molar-refractivity contribution in [2.75, 3.05) is 13.2 Å². The molecule has 0 spiro atoms. The average molecular weight is 531 g/mol. The Hall–Kier alpha value is -3.48. The molecule has 2 N–H and O–H groups in total. The van der Waals surface area contributed by atoms with E-state index in [1.54, 1.807) is 36.4 Å². The highest BCUT2D eigenvalue weighted by molar-refractivity contribution is 6.31. The van der Waals surface area contributed by atoms with Gasteiger partial charge in [-0.3, -0.25) is 4.79 Å². The highest BCUT2D eigenvalue weighted by Gasteiger charge is 2.53. The second-order valence-corrected chi connectivity index (χ2v) is 9.72. The molecular weight excluding hydrogens is 507 g/mol. The molecule has 1 fully saturated rings. The lowest BCUT2D eigenvalue weighted by atomic mass is 9.86. The molecule has 186 valence electrons. The molecule has 2 atom stereocenters. The standard InChI is InChI=1S/C15H13ClN2O.C15H11ClO2/c16-13-8-6-11(7-9-13)14-15(19,10-17-18-14)12-4-2-1-3-5-12;16-13-8-6-11(7-9-13)14(17)15(10-18-15)12-4-2-1-3-5-12/h1-9,17,19H,10H2;1-9H,10H2. The van der Waals surface area contributed by atoms with E-state index in [0.29, 0.717) is 34.5 Å². The summed E-state index contributed by atoms with van der Waals surface area (Å²) in [6.45, 7) is 0.813. The third-order valence-corrected chi connectivity index (χ3v) is 6.94. The lowest BCUT2D eigenvalue weighted by Crippen LogP contribution is -2.37. The van der Waals surface area contributed by atoms with Crippen LogP contribution in [0.5, 0.6) is 0 Å². The van der Waals surface area contributed by atoms with Gasteiger partial charge in [-0.25, -0.2) is 0 Å². The van der Waals surface area contributed by atoms with E-state index in [1.165, 1.54) is 0 Å². The van der Waals surface area contributed by atoms with E-state index in [9.17, 15) is 9.90 Å². The summed E-state index contributed by atoms with van der Waals surface area (Å²) < 4.78 is 5.45. The molecule has 2 unspecified atom stereocenters. The number of nitrogens with one attached hydrogen (secondary N) is 1. The normalized spacial score (nSPS) is 21.8. The number of hydrogen-bond donors (Lipinski definition) is 2. The van der Waals surface area contributed by atoms with Crippen LogP contribution in [0.2, 0.25) is 10.0 Å². The van der Waals surface area contributed by atoms with E-state index in [0.717, 1.165) is 16.7 Å². The Morgan fingerprint density at radius 1 is 0.784 bits per heavy atom. The van der Waals surface area contributed by atoms with Crippen LogP contribution in [-0.4, -0.2) is 29.8 Å². The van der Waals surface area contributed by atoms with Gasteiger partial charge in [0.05, 0.1) is 13.2 Å². The SMILES string of the molecule is O=C(c1ccc(Cl)cc1)C1(c2ccccc2)CO1.OC1(c2ccccc2)CNN=C1c1ccc(Cl)cc1. The van der Waals surface area contributed by atoms with Crippen LogP contribution >= 0.6 is 23.2 Å². The summed E-state index contributed by atoms with van der Waals surface area (Å²) in [4.78, 5) is 12.5. The third kappa shape index (κ3) is 5.17. The number of epoxide rings is 1. The van der Waals surface area contributed by atoms with Gasteiger partial charge in [-0.1, -0.05) is 96.0 Å². The van der Waals surface area contributed by atoms with Gasteiger partial charge >= 0.3 is 0 Å². The van der Waals surface area contributed by atoms with E-state index >= 15 is 0 Å². The number of hydrogen-bond acceptors (Lipinski definition) is 5. The molecule has 2 heterocycles. The van der Waals surface area contributed by atoms with Crippen LogP contribution in [0.1, 0.15) is 27.0 Å². The van der Waals surface area contributed by atoms with Gasteiger partial charge in [0, 0.05) is 21.2 Å². The number of aliphatic hydroxyl groups is 1. The highest BCUT2D eigenvalue weighted by atomic mass is 35.5. The maximum atomic E-state index is 12.5. The molecule has 0 bridgehead atoms. The van der Waals surface area contributed by atoms with Crippen molar-refractivity contribution in [2.45, 2.75) is 11.2 Å². The Labute approximate surface area is 225 Å². The Balaban J connectivity index is 0.000000152. The predicted molar refractivity (Wildman–Crippen MR) is 146 cm³/mol. The molecule has 5 nitrogen and oxygen atoms in total. The highest BCUT2D eigenvalue weighted by Crippen LogP contribution is 2.41. The first kappa shape index (κ1) is 25.2. The molecule has 1 saturated heterocycles. The van der Waals surface area contributed by atoms with Crippen molar-refractivity contribution in [3.63, 3.8) is 0 Å². The molecule has 0 radical (unpaired) electrons. The van der Waals surface area contributed by atoms with Gasteiger partial charge in [0.1, 0.15) is 5.71 Å². The number of rotatable bonds is 5. The fourth-order valence-corrected chi connectivity index (χ4v) is 4.57. The molecule has 37 heavy (non-hydrogen) atoms. The number of hydrazone groups is 1. The number of β-amino-alcohol motifs (C(OH)–C–C–N with tert-alkyl or cyclic N) is 1. The molecule has 7 heteroatoms. The first-order valence-electron chi connectivity index (χ1n) is 11.8. The van der Waals surface area contributed by atoms with Gasteiger partial charge < -0.3 is 15.3 Å². The van der Waals surface area contributed by atoms with Crippen LogP contribution in [0.4, 0.5) is 0 Å². The lowest BCUT2D eigenvalue weighted by Gasteiger charge is -2.24. The Morgan fingerprint density at radius 3 is 1.84 bits per heavy atom. The zero-order chi connectivity index (χ0) is 25.9. The maximum absolute atomic E-state index is 12.5. The Morgan fingerprint density at radius 2 is 1.30 bits per heavy atom. The first-order chi connectivity index (χ1) is 17.9. The number of benzene rings is 4. The largest absolute Gasteiger partial charge is 0.377 e. The summed E-state index contributed by atoms with van der Waals surface area (Å²) >= 11 is 11.7. The molecule has 4 aromatic rings. The fourth-order valence-electron chi connectivity index (χ4n) is 4.32. The van der Waals surface area contributed by atoms with Gasteiger partial charge in [-0.2, -0.15) is 5.10 Å². The van der Waals surface area contributed by atoms with Gasteiger partial charge in [0.2, 0.25) is 5.78 Å². The van der Waals surface area contributed by atoms with Crippen LogP contribution in [0.3, 0.4) is 0 Å². The van der Waals surface area contributed by atoms with Gasteiger partial charge in [0.15, 0.2) is 11.2 Å². The zero-order valence-corrected chi connectivity index (χ0v) is 21.3. The molecule has 2 aliphatic heterocycles. The predicted octanol–water partition coefficient (Wildman–Crippen LogP) is 5.98. The molecule has 0 aliphatic carbocycles. The summed E-state index contributed by atoms with van der Waals surface area (Å²) in [6, 6.07) is 33.3. The number of carbonyl (C=O) groups excluding carboxylic acids is 1.